The number of aromatic nitrogens is 3. The van der Waals surface area contributed by atoms with Gasteiger partial charge in [-0.1, -0.05) is 0 Å². The fourth-order valence-electron chi connectivity index (χ4n) is 3.61. The number of sulfonamides is 1. The monoisotopic (exact) mass is 429 g/mol. The number of nitrogens with two attached hydrogens (primary N) is 1. The summed E-state index contributed by atoms with van der Waals surface area (Å²) < 4.78 is 27.4. The van der Waals surface area contributed by atoms with E-state index in [1.807, 2.05) is 12.3 Å². The lowest BCUT2D eigenvalue weighted by molar-refractivity contribution is 0.410. The number of fused-ring (bicyclic) bond motifs is 1. The molecule has 3 aromatic rings. The summed E-state index contributed by atoms with van der Waals surface area (Å²) in [5.41, 5.74) is 8.23. The summed E-state index contributed by atoms with van der Waals surface area (Å²) in [6, 6.07) is 9.17. The number of imidazole rings is 1. The summed E-state index contributed by atoms with van der Waals surface area (Å²) in [4.78, 5) is 4.94. The van der Waals surface area contributed by atoms with Gasteiger partial charge in [0.05, 0.1) is 23.0 Å². The van der Waals surface area contributed by atoms with Gasteiger partial charge in [-0.2, -0.15) is 5.10 Å². The van der Waals surface area contributed by atoms with Crippen molar-refractivity contribution in [3.05, 3.63) is 42.7 Å². The quantitative estimate of drug-likeness (QED) is 0.551. The zero-order valence-corrected chi connectivity index (χ0v) is 17.9. The molecule has 1 fully saturated rings. The van der Waals surface area contributed by atoms with E-state index in [1.54, 1.807) is 35.0 Å². The van der Waals surface area contributed by atoms with Crippen LogP contribution in [0.4, 0.5) is 17.2 Å². The highest BCUT2D eigenvalue weighted by Gasteiger charge is 2.20. The zero-order valence-electron chi connectivity index (χ0n) is 17.1. The van der Waals surface area contributed by atoms with E-state index in [0.29, 0.717) is 17.7 Å². The van der Waals surface area contributed by atoms with E-state index >= 15 is 0 Å². The summed E-state index contributed by atoms with van der Waals surface area (Å²) in [5, 5.41) is 11.1. The van der Waals surface area contributed by atoms with E-state index < -0.39 is 10.0 Å². The van der Waals surface area contributed by atoms with Gasteiger partial charge in [0.1, 0.15) is 5.82 Å². The maximum absolute atomic E-state index is 12.2. The molecular formula is C20H27N7O2S. The molecule has 0 saturated heterocycles. The minimum atomic E-state index is -3.45. The second-order valence-corrected chi connectivity index (χ2v) is 9.98. The Hall–Kier alpha value is -2.69. The van der Waals surface area contributed by atoms with E-state index in [2.05, 4.69) is 15.7 Å². The maximum Gasteiger partial charge on any atom is 0.242 e. The molecule has 0 amide bonds. The van der Waals surface area contributed by atoms with Crippen molar-refractivity contribution in [2.75, 3.05) is 24.7 Å². The van der Waals surface area contributed by atoms with E-state index in [-0.39, 0.29) is 4.90 Å². The molecular weight excluding hydrogens is 402 g/mol. The van der Waals surface area contributed by atoms with Gasteiger partial charge < -0.3 is 16.4 Å². The van der Waals surface area contributed by atoms with Gasteiger partial charge >= 0.3 is 0 Å². The van der Waals surface area contributed by atoms with E-state index in [9.17, 15) is 8.42 Å². The zero-order chi connectivity index (χ0) is 21.3. The van der Waals surface area contributed by atoms with Crippen molar-refractivity contribution in [3.8, 4) is 0 Å². The number of hydrogen-bond donors (Lipinski definition) is 3. The minimum Gasteiger partial charge on any atom is -0.366 e. The van der Waals surface area contributed by atoms with Gasteiger partial charge in [-0.15, -0.1) is 0 Å². The van der Waals surface area contributed by atoms with Gasteiger partial charge in [0.2, 0.25) is 10.0 Å². The molecule has 4 rings (SSSR count). The Labute approximate surface area is 176 Å². The van der Waals surface area contributed by atoms with Gasteiger partial charge in [0.25, 0.3) is 0 Å². The average Bonchev–Trinajstić information content (AvgIpc) is 3.13. The number of nitrogens with zero attached hydrogens (tertiary/aromatic N) is 4. The van der Waals surface area contributed by atoms with Crippen molar-refractivity contribution >= 4 is 32.9 Å². The highest BCUT2D eigenvalue weighted by Crippen LogP contribution is 2.25. The number of hydrogen-bond acceptors (Lipinski definition) is 7. The SMILES string of the molecule is CN(C)S(=O)(=O)c1ccc(Nc2ccnn3cc(NC4CCC(N)CC4)nc23)cc1. The molecule has 0 spiro atoms. The highest BCUT2D eigenvalue weighted by molar-refractivity contribution is 7.89. The molecule has 160 valence electrons. The van der Waals surface area contributed by atoms with Crippen molar-refractivity contribution < 1.29 is 8.42 Å². The summed E-state index contributed by atoms with van der Waals surface area (Å²) in [6.45, 7) is 0. The van der Waals surface area contributed by atoms with Crippen LogP contribution in [0.3, 0.4) is 0 Å². The van der Waals surface area contributed by atoms with Gasteiger partial charge in [-0.05, 0) is 56.0 Å². The molecule has 1 aliphatic rings. The molecule has 9 nitrogen and oxygen atoms in total. The van der Waals surface area contributed by atoms with Crippen molar-refractivity contribution in [2.24, 2.45) is 5.73 Å². The van der Waals surface area contributed by atoms with Gasteiger partial charge in [0.15, 0.2) is 5.65 Å². The Morgan fingerprint density at radius 2 is 1.80 bits per heavy atom. The van der Waals surface area contributed by atoms with Crippen LogP contribution < -0.4 is 16.4 Å². The third-order valence-electron chi connectivity index (χ3n) is 5.40. The lowest BCUT2D eigenvalue weighted by Gasteiger charge is -2.26. The van der Waals surface area contributed by atoms with Gasteiger partial charge in [0, 0.05) is 31.9 Å². The second-order valence-electron chi connectivity index (χ2n) is 7.83. The Morgan fingerprint density at radius 3 is 2.47 bits per heavy atom. The first-order chi connectivity index (χ1) is 14.3. The van der Waals surface area contributed by atoms with Crippen molar-refractivity contribution in [2.45, 2.75) is 42.7 Å². The Kier molecular flexibility index (Phi) is 5.63. The Morgan fingerprint density at radius 1 is 1.10 bits per heavy atom. The van der Waals surface area contributed by atoms with Crippen LogP contribution in [0, 0.1) is 0 Å². The fraction of sp³-hybridized carbons (Fsp3) is 0.400. The van der Waals surface area contributed by atoms with Crippen molar-refractivity contribution in [1.82, 2.24) is 18.9 Å². The van der Waals surface area contributed by atoms with Crippen LogP contribution in [0.1, 0.15) is 25.7 Å². The Balaban J connectivity index is 1.52. The van der Waals surface area contributed by atoms with Crippen LogP contribution in [0.15, 0.2) is 47.6 Å². The summed E-state index contributed by atoms with van der Waals surface area (Å²) in [5.74, 6) is 0.782. The second kappa shape index (κ2) is 8.21. The molecule has 30 heavy (non-hydrogen) atoms. The van der Waals surface area contributed by atoms with E-state index in [0.717, 1.165) is 42.9 Å². The summed E-state index contributed by atoms with van der Waals surface area (Å²) in [6.07, 6.45) is 7.70. The number of rotatable bonds is 6. The summed E-state index contributed by atoms with van der Waals surface area (Å²) in [7, 11) is -0.423. The van der Waals surface area contributed by atoms with Crippen LogP contribution >= 0.6 is 0 Å². The number of anilines is 3. The topological polar surface area (TPSA) is 118 Å². The number of benzene rings is 1. The average molecular weight is 430 g/mol. The first kappa shape index (κ1) is 20.6. The molecule has 10 heteroatoms. The predicted octanol–water partition coefficient (Wildman–Crippen LogP) is 2.41. The molecule has 1 aromatic carbocycles. The van der Waals surface area contributed by atoms with Crippen LogP contribution in [0.5, 0.6) is 0 Å². The van der Waals surface area contributed by atoms with Crippen molar-refractivity contribution in [3.63, 3.8) is 0 Å². The molecule has 1 aliphatic carbocycles. The van der Waals surface area contributed by atoms with Gasteiger partial charge in [-0.25, -0.2) is 22.2 Å². The lowest BCUT2D eigenvalue weighted by Crippen LogP contribution is -2.32. The standard InChI is InChI=1S/C20H27N7O2S/c1-26(2)30(28,29)17-9-7-15(8-10-17)23-18-11-12-22-27-13-19(25-20(18)27)24-16-5-3-14(21)4-6-16/h7-14,16,23-24H,3-6,21H2,1-2H3. The number of nitrogens with one attached hydrogen (secondary N) is 2. The van der Waals surface area contributed by atoms with E-state index in [1.165, 1.54) is 18.4 Å². The van der Waals surface area contributed by atoms with Crippen molar-refractivity contribution in [1.29, 1.82) is 0 Å². The van der Waals surface area contributed by atoms with Crippen LogP contribution in [-0.4, -0.2) is 53.5 Å². The molecule has 2 heterocycles. The first-order valence-corrected chi connectivity index (χ1v) is 11.4. The smallest absolute Gasteiger partial charge is 0.242 e. The molecule has 0 radical (unpaired) electrons. The van der Waals surface area contributed by atoms with Gasteiger partial charge in [-0.3, -0.25) is 0 Å². The summed E-state index contributed by atoms with van der Waals surface area (Å²) >= 11 is 0. The molecule has 2 aromatic heterocycles. The molecule has 0 atom stereocenters. The lowest BCUT2D eigenvalue weighted by atomic mass is 9.92. The fourth-order valence-corrected chi connectivity index (χ4v) is 4.52. The van der Waals surface area contributed by atoms with Crippen LogP contribution in [-0.2, 0) is 10.0 Å². The molecule has 0 aliphatic heterocycles. The molecule has 1 saturated carbocycles. The first-order valence-electron chi connectivity index (χ1n) is 9.99. The molecule has 4 N–H and O–H groups in total. The molecule has 0 bridgehead atoms. The Bertz CT molecular complexity index is 1120. The van der Waals surface area contributed by atoms with E-state index in [4.69, 9.17) is 10.7 Å². The highest BCUT2D eigenvalue weighted by atomic mass is 32.2. The predicted molar refractivity (Wildman–Crippen MR) is 117 cm³/mol. The minimum absolute atomic E-state index is 0.248. The maximum atomic E-state index is 12.2. The van der Waals surface area contributed by atoms with Crippen LogP contribution in [0.25, 0.3) is 5.65 Å². The largest absolute Gasteiger partial charge is 0.366 e. The third kappa shape index (κ3) is 4.25. The normalized spacial score (nSPS) is 19.9. The van der Waals surface area contributed by atoms with Crippen LogP contribution in [0.2, 0.25) is 0 Å². The molecule has 0 unspecified atom stereocenters. The third-order valence-corrected chi connectivity index (χ3v) is 7.23.